The van der Waals surface area contributed by atoms with Crippen LogP contribution >= 0.6 is 23.2 Å². The molecule has 11 nitrogen and oxygen atoms in total. The van der Waals surface area contributed by atoms with E-state index in [4.69, 9.17) is 43.4 Å². The average molecular weight is 702 g/mol. The maximum atomic E-state index is 13.6. The number of hydrogen-bond acceptors (Lipinski definition) is 9. The van der Waals surface area contributed by atoms with Crippen LogP contribution in [0.15, 0.2) is 48.2 Å². The zero-order valence-electron chi connectivity index (χ0n) is 27.9. The maximum absolute atomic E-state index is 13.6. The molecule has 1 saturated carbocycles. The number of nitrogen functional groups attached to an aromatic ring is 1. The molecule has 1 aliphatic heterocycles. The number of hydrogen-bond donors (Lipinski definition) is 4. The van der Waals surface area contributed by atoms with E-state index in [-0.39, 0.29) is 35.7 Å². The number of aromatic nitrogens is 2. The largest absolute Gasteiger partial charge is 0.444 e. The molecule has 260 valence electrons. The Morgan fingerprint density at radius 3 is 2.56 bits per heavy atom. The van der Waals surface area contributed by atoms with Crippen molar-refractivity contribution in [1.29, 1.82) is 0 Å². The molecule has 5 rings (SSSR count). The highest BCUT2D eigenvalue weighted by Crippen LogP contribution is 2.34. The van der Waals surface area contributed by atoms with E-state index in [1.165, 1.54) is 4.90 Å². The van der Waals surface area contributed by atoms with Gasteiger partial charge in [0.05, 0.1) is 24.0 Å². The SMILES string of the molecule is CC1C=CC(C(=O)NC2CCN(C(=O)OC(C)(C)C)[C@@H](C(O)OC3CCCC3)C2)=CC1c1cnc(N)c(NCc2c(Cl)cccc2Cl)n1. The number of allylic oxidation sites excluding steroid dienone is 2. The molecule has 48 heavy (non-hydrogen) atoms. The Labute approximate surface area is 292 Å². The van der Waals surface area contributed by atoms with Crippen molar-refractivity contribution < 1.29 is 24.2 Å². The summed E-state index contributed by atoms with van der Waals surface area (Å²) in [5.41, 5.74) is 7.33. The first-order chi connectivity index (χ1) is 22.8. The third-order valence-corrected chi connectivity index (χ3v) is 9.70. The number of aliphatic hydroxyl groups is 1. The molecule has 1 aromatic carbocycles. The molecule has 2 aliphatic carbocycles. The molecule has 2 aromatic rings. The van der Waals surface area contributed by atoms with Crippen molar-refractivity contribution in [2.24, 2.45) is 5.92 Å². The van der Waals surface area contributed by atoms with E-state index in [0.29, 0.717) is 53.1 Å². The van der Waals surface area contributed by atoms with Gasteiger partial charge in [-0.05, 0) is 64.5 Å². The van der Waals surface area contributed by atoms with Crippen molar-refractivity contribution in [3.05, 3.63) is 69.5 Å². The van der Waals surface area contributed by atoms with Crippen LogP contribution in [0.1, 0.15) is 83.4 Å². The predicted molar refractivity (Wildman–Crippen MR) is 187 cm³/mol. The van der Waals surface area contributed by atoms with E-state index >= 15 is 0 Å². The Morgan fingerprint density at radius 1 is 1.17 bits per heavy atom. The van der Waals surface area contributed by atoms with Crippen molar-refractivity contribution in [2.45, 2.75) is 109 Å². The van der Waals surface area contributed by atoms with Crippen molar-refractivity contribution in [1.82, 2.24) is 20.2 Å². The molecule has 0 spiro atoms. The summed E-state index contributed by atoms with van der Waals surface area (Å²) in [6.07, 6.45) is 10.2. The van der Waals surface area contributed by atoms with E-state index in [1.807, 2.05) is 45.9 Å². The molecule has 2 heterocycles. The highest BCUT2D eigenvalue weighted by Gasteiger charge is 2.40. The van der Waals surface area contributed by atoms with Crippen LogP contribution in [0.2, 0.25) is 10.0 Å². The molecular weight excluding hydrogens is 655 g/mol. The fourth-order valence-electron chi connectivity index (χ4n) is 6.39. The number of aliphatic hydroxyl groups excluding tert-OH is 1. The maximum Gasteiger partial charge on any atom is 0.410 e. The number of carbonyl (C=O) groups is 2. The summed E-state index contributed by atoms with van der Waals surface area (Å²) in [7, 11) is 0. The Hall–Kier alpha value is -3.38. The van der Waals surface area contributed by atoms with Crippen molar-refractivity contribution >= 4 is 46.8 Å². The zero-order valence-corrected chi connectivity index (χ0v) is 29.4. The molecule has 5 atom stereocenters. The Balaban J connectivity index is 1.28. The minimum absolute atomic E-state index is 0.0367. The number of likely N-dealkylation sites (tertiary alicyclic amines) is 1. The highest BCUT2D eigenvalue weighted by atomic mass is 35.5. The van der Waals surface area contributed by atoms with Crippen LogP contribution in [0, 0.1) is 5.92 Å². The van der Waals surface area contributed by atoms with E-state index in [1.54, 1.807) is 24.4 Å². The number of amides is 2. The van der Waals surface area contributed by atoms with Crippen LogP contribution in [0.3, 0.4) is 0 Å². The lowest BCUT2D eigenvalue weighted by atomic mass is 9.84. The number of benzene rings is 1. The first-order valence-corrected chi connectivity index (χ1v) is 17.4. The van der Waals surface area contributed by atoms with Crippen molar-refractivity contribution in [2.75, 3.05) is 17.6 Å². The van der Waals surface area contributed by atoms with Gasteiger partial charge in [-0.3, -0.25) is 9.69 Å². The molecule has 2 amide bonds. The Kier molecular flexibility index (Phi) is 11.6. The topological polar surface area (TPSA) is 152 Å². The molecule has 13 heteroatoms. The lowest BCUT2D eigenvalue weighted by Gasteiger charge is -2.42. The minimum Gasteiger partial charge on any atom is -0.444 e. The molecule has 1 saturated heterocycles. The van der Waals surface area contributed by atoms with Crippen LogP contribution in [0.5, 0.6) is 0 Å². The number of ether oxygens (including phenoxy) is 2. The standard InChI is InChI=1S/C35H46Cl2N6O5/c1-20-12-13-21(16-24(20)28-19-39-30(38)31(42-28)40-18-25-26(36)10-7-11-27(25)37)32(44)41-22-14-15-43(34(46)48-35(2,3)4)29(17-22)33(45)47-23-8-5-6-9-23/h7,10-13,16,19-20,22-24,29,33,45H,5-6,8-9,14-15,17-18H2,1-4H3,(H2,38,39)(H,40,42)(H,41,44)/t20?,22?,24?,29-,33?/m1/s1. The molecular formula is C35H46Cl2N6O5. The number of carbonyl (C=O) groups excluding carboxylic acids is 2. The summed E-state index contributed by atoms with van der Waals surface area (Å²) < 4.78 is 11.7. The second kappa shape index (κ2) is 15.4. The fraction of sp³-hybridized carbons (Fsp3) is 0.543. The van der Waals surface area contributed by atoms with Gasteiger partial charge in [0, 0.05) is 46.2 Å². The first kappa shape index (κ1) is 35.9. The lowest BCUT2D eigenvalue weighted by molar-refractivity contribution is -0.176. The molecule has 0 bridgehead atoms. The number of nitrogens with zero attached hydrogens (tertiary/aromatic N) is 3. The molecule has 2 fully saturated rings. The zero-order chi connectivity index (χ0) is 34.6. The van der Waals surface area contributed by atoms with Gasteiger partial charge in [-0.1, -0.05) is 67.3 Å². The van der Waals surface area contributed by atoms with Crippen LogP contribution in [-0.2, 0) is 20.8 Å². The smallest absolute Gasteiger partial charge is 0.410 e. The average Bonchev–Trinajstić information content (AvgIpc) is 3.54. The fourth-order valence-corrected chi connectivity index (χ4v) is 6.92. The number of halogens is 2. The summed E-state index contributed by atoms with van der Waals surface area (Å²) in [5, 5.41) is 18.6. The number of nitrogens with two attached hydrogens (primary N) is 1. The molecule has 3 aliphatic rings. The van der Waals surface area contributed by atoms with Gasteiger partial charge in [0.15, 0.2) is 17.9 Å². The number of piperidine rings is 1. The first-order valence-electron chi connectivity index (χ1n) is 16.6. The van der Waals surface area contributed by atoms with Crippen LogP contribution in [0.25, 0.3) is 0 Å². The summed E-state index contributed by atoms with van der Waals surface area (Å²) in [6.45, 7) is 8.08. The van der Waals surface area contributed by atoms with Crippen LogP contribution < -0.4 is 16.4 Å². The lowest BCUT2D eigenvalue weighted by Crippen LogP contribution is -2.57. The van der Waals surface area contributed by atoms with Crippen LogP contribution in [-0.4, -0.2) is 68.6 Å². The molecule has 4 unspecified atom stereocenters. The summed E-state index contributed by atoms with van der Waals surface area (Å²) in [5.74, 6) is 0.172. The molecule has 5 N–H and O–H groups in total. The van der Waals surface area contributed by atoms with Gasteiger partial charge < -0.3 is 30.9 Å². The van der Waals surface area contributed by atoms with Gasteiger partial charge in [0.1, 0.15) is 5.60 Å². The van der Waals surface area contributed by atoms with Crippen molar-refractivity contribution in [3.8, 4) is 0 Å². The van der Waals surface area contributed by atoms with Gasteiger partial charge in [-0.15, -0.1) is 0 Å². The van der Waals surface area contributed by atoms with Gasteiger partial charge in [-0.25, -0.2) is 14.8 Å². The second-order valence-corrected chi connectivity index (χ2v) is 14.6. The third kappa shape index (κ3) is 8.99. The highest BCUT2D eigenvalue weighted by molar-refractivity contribution is 6.36. The second-order valence-electron chi connectivity index (χ2n) is 13.8. The molecule has 0 radical (unpaired) electrons. The van der Waals surface area contributed by atoms with Gasteiger partial charge >= 0.3 is 6.09 Å². The number of rotatable bonds is 9. The van der Waals surface area contributed by atoms with E-state index in [9.17, 15) is 14.7 Å². The third-order valence-electron chi connectivity index (χ3n) is 8.99. The monoisotopic (exact) mass is 700 g/mol. The van der Waals surface area contributed by atoms with Crippen LogP contribution in [0.4, 0.5) is 16.4 Å². The van der Waals surface area contributed by atoms with Gasteiger partial charge in [-0.2, -0.15) is 0 Å². The van der Waals surface area contributed by atoms with E-state index in [2.05, 4.69) is 15.6 Å². The van der Waals surface area contributed by atoms with E-state index in [0.717, 1.165) is 31.2 Å². The van der Waals surface area contributed by atoms with E-state index < -0.39 is 24.0 Å². The Morgan fingerprint density at radius 2 is 1.88 bits per heavy atom. The summed E-state index contributed by atoms with van der Waals surface area (Å²) >= 11 is 12.7. The quantitative estimate of drug-likeness (QED) is 0.219. The van der Waals surface area contributed by atoms with Gasteiger partial charge in [0.2, 0.25) is 0 Å². The summed E-state index contributed by atoms with van der Waals surface area (Å²) in [4.78, 5) is 37.4. The Bertz CT molecular complexity index is 1520. The normalized spacial score (nSPS) is 23.8. The summed E-state index contributed by atoms with van der Waals surface area (Å²) in [6, 6.07) is 4.35. The predicted octanol–water partition coefficient (Wildman–Crippen LogP) is 6.36. The van der Waals surface area contributed by atoms with Gasteiger partial charge in [0.25, 0.3) is 5.91 Å². The van der Waals surface area contributed by atoms with Crippen molar-refractivity contribution in [3.63, 3.8) is 0 Å². The number of anilines is 2. The minimum atomic E-state index is -1.19. The molecule has 1 aromatic heterocycles. The number of nitrogens with one attached hydrogen (secondary N) is 2.